The van der Waals surface area contributed by atoms with Crippen molar-refractivity contribution in [3.63, 3.8) is 0 Å². The summed E-state index contributed by atoms with van der Waals surface area (Å²) in [6, 6.07) is 0.587. The van der Waals surface area contributed by atoms with Crippen molar-refractivity contribution in [3.8, 4) is 0 Å². The minimum Gasteiger partial charge on any atom is -0.374 e. The Kier molecular flexibility index (Phi) is 6.62. The van der Waals surface area contributed by atoms with Gasteiger partial charge in [-0.05, 0) is 20.8 Å². The Hall–Kier alpha value is 0.0300. The Balaban J connectivity index is 2.21. The average molecular weight is 262 g/mol. The van der Waals surface area contributed by atoms with Crippen molar-refractivity contribution in [2.75, 3.05) is 39.0 Å². The normalized spacial score (nSPS) is 26.1. The van der Waals surface area contributed by atoms with E-state index in [4.69, 9.17) is 4.74 Å². The van der Waals surface area contributed by atoms with Gasteiger partial charge in [0.2, 0.25) is 0 Å². The summed E-state index contributed by atoms with van der Waals surface area (Å²) in [5, 5.41) is 3.56. The quantitative estimate of drug-likeness (QED) is 0.755. The van der Waals surface area contributed by atoms with Crippen LogP contribution in [0, 0.1) is 0 Å². The van der Waals surface area contributed by atoms with Crippen LogP contribution in [0.3, 0.4) is 0 Å². The molecule has 1 aliphatic rings. The molecule has 4 nitrogen and oxygen atoms in total. The highest BCUT2D eigenvalue weighted by molar-refractivity contribution is 7.84. The summed E-state index contributed by atoms with van der Waals surface area (Å²) >= 11 is 0. The maximum atomic E-state index is 11.2. The number of nitrogens with one attached hydrogen (secondary N) is 1. The van der Waals surface area contributed by atoms with Crippen LogP contribution in [0.4, 0.5) is 0 Å². The Morgan fingerprint density at radius 3 is 2.76 bits per heavy atom. The monoisotopic (exact) mass is 262 g/mol. The van der Waals surface area contributed by atoms with Gasteiger partial charge in [0.1, 0.15) is 0 Å². The van der Waals surface area contributed by atoms with Crippen molar-refractivity contribution in [3.05, 3.63) is 0 Å². The molecule has 3 unspecified atom stereocenters. The molecule has 0 bridgehead atoms. The Morgan fingerprint density at radius 1 is 1.47 bits per heavy atom. The third-order valence-corrected chi connectivity index (χ3v) is 4.57. The highest BCUT2D eigenvalue weighted by Gasteiger charge is 2.21. The van der Waals surface area contributed by atoms with Gasteiger partial charge in [0.25, 0.3) is 0 Å². The van der Waals surface area contributed by atoms with Crippen LogP contribution >= 0.6 is 0 Å². The molecular formula is C12H26N2O2S. The summed E-state index contributed by atoms with van der Waals surface area (Å²) in [5.41, 5.74) is 0. The Bertz CT molecular complexity index is 249. The first kappa shape index (κ1) is 15.1. The fraction of sp³-hybridized carbons (Fsp3) is 1.00. The standard InChI is InChI=1S/C12H26N2O2S/c1-10(2)14-5-6-16-12(9-14)8-13-7-11(3)17(4)15/h10-13H,5-9H2,1-4H3. The number of nitrogens with zero attached hydrogens (tertiary/aromatic N) is 1. The molecule has 0 aromatic rings. The zero-order chi connectivity index (χ0) is 12.8. The smallest absolute Gasteiger partial charge is 0.0826 e. The Morgan fingerprint density at radius 2 is 2.18 bits per heavy atom. The highest BCUT2D eigenvalue weighted by atomic mass is 32.2. The minimum absolute atomic E-state index is 0.208. The topological polar surface area (TPSA) is 41.6 Å². The summed E-state index contributed by atoms with van der Waals surface area (Å²) < 4.78 is 16.9. The lowest BCUT2D eigenvalue weighted by atomic mass is 10.2. The second kappa shape index (κ2) is 7.46. The van der Waals surface area contributed by atoms with Gasteiger partial charge in [-0.25, -0.2) is 0 Å². The van der Waals surface area contributed by atoms with Gasteiger partial charge in [-0.3, -0.25) is 9.11 Å². The second-order valence-corrected chi connectivity index (χ2v) is 6.85. The van der Waals surface area contributed by atoms with Crippen molar-refractivity contribution >= 4 is 10.8 Å². The lowest BCUT2D eigenvalue weighted by Gasteiger charge is -2.35. The molecule has 1 aliphatic heterocycles. The van der Waals surface area contributed by atoms with Gasteiger partial charge in [0.15, 0.2) is 0 Å². The van der Waals surface area contributed by atoms with Crippen LogP contribution in [0.25, 0.3) is 0 Å². The van der Waals surface area contributed by atoms with E-state index in [1.54, 1.807) is 6.26 Å². The highest BCUT2D eigenvalue weighted by Crippen LogP contribution is 2.08. The zero-order valence-electron chi connectivity index (χ0n) is 11.4. The van der Waals surface area contributed by atoms with E-state index in [1.165, 1.54) is 0 Å². The van der Waals surface area contributed by atoms with E-state index in [-0.39, 0.29) is 11.4 Å². The van der Waals surface area contributed by atoms with E-state index in [2.05, 4.69) is 24.1 Å². The third-order valence-electron chi connectivity index (χ3n) is 3.27. The third kappa shape index (κ3) is 5.46. The van der Waals surface area contributed by atoms with Crippen LogP contribution in [-0.4, -0.2) is 65.5 Å². The number of ether oxygens (including phenoxy) is 1. The van der Waals surface area contributed by atoms with Gasteiger partial charge in [-0.1, -0.05) is 0 Å². The maximum Gasteiger partial charge on any atom is 0.0826 e. The number of hydrogen-bond donors (Lipinski definition) is 1. The first-order chi connectivity index (χ1) is 8.00. The van der Waals surface area contributed by atoms with Gasteiger partial charge in [0, 0.05) is 54.5 Å². The number of hydrogen-bond acceptors (Lipinski definition) is 4. The fourth-order valence-corrected chi connectivity index (χ4v) is 2.25. The molecule has 0 aromatic carbocycles. The van der Waals surface area contributed by atoms with Gasteiger partial charge in [-0.15, -0.1) is 0 Å². The maximum absolute atomic E-state index is 11.2. The lowest BCUT2D eigenvalue weighted by molar-refractivity contribution is -0.0370. The van der Waals surface area contributed by atoms with Crippen molar-refractivity contribution in [2.24, 2.45) is 0 Å². The van der Waals surface area contributed by atoms with Crippen LogP contribution in [-0.2, 0) is 15.5 Å². The van der Waals surface area contributed by atoms with Crippen LogP contribution in [0.1, 0.15) is 20.8 Å². The molecule has 1 heterocycles. The predicted octanol–water partition coefficient (Wildman–Crippen LogP) is 0.452. The fourth-order valence-electron chi connectivity index (χ4n) is 1.90. The van der Waals surface area contributed by atoms with Crippen molar-refractivity contribution in [1.29, 1.82) is 0 Å². The second-order valence-electron chi connectivity index (χ2n) is 5.05. The zero-order valence-corrected chi connectivity index (χ0v) is 12.3. The van der Waals surface area contributed by atoms with E-state index in [0.717, 1.165) is 32.8 Å². The molecule has 1 fully saturated rings. The van der Waals surface area contributed by atoms with Crippen LogP contribution < -0.4 is 5.32 Å². The molecule has 0 saturated carbocycles. The summed E-state index contributed by atoms with van der Waals surface area (Å²) in [7, 11) is -0.745. The molecule has 102 valence electrons. The van der Waals surface area contributed by atoms with E-state index >= 15 is 0 Å². The number of morpholine rings is 1. The average Bonchev–Trinajstić information content (AvgIpc) is 2.29. The minimum atomic E-state index is -0.745. The first-order valence-electron chi connectivity index (χ1n) is 6.39. The van der Waals surface area contributed by atoms with Gasteiger partial charge in [-0.2, -0.15) is 0 Å². The van der Waals surface area contributed by atoms with Gasteiger partial charge in [0.05, 0.1) is 12.7 Å². The van der Waals surface area contributed by atoms with Crippen molar-refractivity contribution < 1.29 is 8.95 Å². The molecule has 1 saturated heterocycles. The van der Waals surface area contributed by atoms with E-state index in [1.807, 2.05) is 6.92 Å². The molecule has 1 rings (SSSR count). The van der Waals surface area contributed by atoms with Crippen LogP contribution in [0.2, 0.25) is 0 Å². The molecule has 1 N–H and O–H groups in total. The lowest BCUT2D eigenvalue weighted by Crippen LogP contribution is -2.49. The molecule has 0 spiro atoms. The summed E-state index contributed by atoms with van der Waals surface area (Å²) in [5.74, 6) is 0. The first-order valence-corrected chi connectivity index (χ1v) is 8.01. The molecule has 5 heteroatoms. The Labute approximate surface area is 108 Å². The molecule has 0 amide bonds. The van der Waals surface area contributed by atoms with E-state index < -0.39 is 10.8 Å². The summed E-state index contributed by atoms with van der Waals surface area (Å²) in [6.45, 7) is 10.9. The molecule has 3 atom stereocenters. The SMILES string of the molecule is CC(C)N1CCOC(CNCC(C)S(C)=O)C1. The van der Waals surface area contributed by atoms with Crippen molar-refractivity contribution in [2.45, 2.75) is 38.2 Å². The summed E-state index contributed by atoms with van der Waals surface area (Å²) in [4.78, 5) is 2.44. The van der Waals surface area contributed by atoms with Gasteiger partial charge < -0.3 is 10.1 Å². The predicted molar refractivity (Wildman–Crippen MR) is 72.8 cm³/mol. The molecule has 0 aliphatic carbocycles. The number of rotatable bonds is 6. The molecule has 0 radical (unpaired) electrons. The van der Waals surface area contributed by atoms with Crippen LogP contribution in [0.5, 0.6) is 0 Å². The van der Waals surface area contributed by atoms with E-state index in [0.29, 0.717) is 6.04 Å². The largest absolute Gasteiger partial charge is 0.374 e. The molecular weight excluding hydrogens is 236 g/mol. The molecule has 17 heavy (non-hydrogen) atoms. The molecule has 0 aromatic heterocycles. The van der Waals surface area contributed by atoms with Gasteiger partial charge >= 0.3 is 0 Å². The van der Waals surface area contributed by atoms with Crippen LogP contribution in [0.15, 0.2) is 0 Å². The van der Waals surface area contributed by atoms with E-state index in [9.17, 15) is 4.21 Å². The van der Waals surface area contributed by atoms with Crippen molar-refractivity contribution in [1.82, 2.24) is 10.2 Å². The summed E-state index contributed by atoms with van der Waals surface area (Å²) in [6.07, 6.45) is 2.02.